The Kier molecular flexibility index (Phi) is 6.25. The van der Waals surface area contributed by atoms with Crippen LogP contribution in [0.15, 0.2) is 0 Å². The number of nitrogens with zero attached hydrogens (tertiary/aromatic N) is 1. The zero-order valence-electron chi connectivity index (χ0n) is 14.0. The van der Waals surface area contributed by atoms with Gasteiger partial charge in [0.2, 0.25) is 0 Å². The fraction of sp³-hybridized carbons (Fsp3) is 1.00. The van der Waals surface area contributed by atoms with Crippen LogP contribution in [0.3, 0.4) is 0 Å². The maximum atomic E-state index is 3.74. The molecular weight excluding hydrogens is 264 g/mol. The molecule has 0 aromatic rings. The molecule has 0 aromatic carbocycles. The Morgan fingerprint density at radius 1 is 1.25 bits per heavy atom. The van der Waals surface area contributed by atoms with Crippen LogP contribution < -0.4 is 5.32 Å². The van der Waals surface area contributed by atoms with Crippen molar-refractivity contribution in [1.82, 2.24) is 10.2 Å². The number of rotatable bonds is 5. The monoisotopic (exact) mass is 298 g/mol. The Labute approximate surface area is 130 Å². The van der Waals surface area contributed by atoms with Gasteiger partial charge in [-0.05, 0) is 31.1 Å². The van der Waals surface area contributed by atoms with E-state index >= 15 is 0 Å². The summed E-state index contributed by atoms with van der Waals surface area (Å²) in [5.74, 6) is 3.59. The van der Waals surface area contributed by atoms with Crippen molar-refractivity contribution in [3.8, 4) is 0 Å². The highest BCUT2D eigenvalue weighted by Gasteiger charge is 2.37. The van der Waals surface area contributed by atoms with E-state index in [9.17, 15) is 0 Å². The summed E-state index contributed by atoms with van der Waals surface area (Å²) in [6.07, 6.45) is 5.70. The van der Waals surface area contributed by atoms with E-state index in [1.807, 2.05) is 0 Å². The molecule has 20 heavy (non-hydrogen) atoms. The average molecular weight is 299 g/mol. The molecule has 1 atom stereocenters. The molecule has 1 aliphatic heterocycles. The highest BCUT2D eigenvalue weighted by atomic mass is 32.2. The SMILES string of the molecule is CC1CCC(CNC(C)C)(CN2CCSCC2C)CC1. The first kappa shape index (κ1) is 16.6. The van der Waals surface area contributed by atoms with Gasteiger partial charge in [0.1, 0.15) is 0 Å². The van der Waals surface area contributed by atoms with Crippen molar-refractivity contribution in [2.75, 3.05) is 31.1 Å². The van der Waals surface area contributed by atoms with Crippen molar-refractivity contribution in [2.45, 2.75) is 65.5 Å². The lowest BCUT2D eigenvalue weighted by Crippen LogP contribution is -2.51. The quantitative estimate of drug-likeness (QED) is 0.834. The van der Waals surface area contributed by atoms with Crippen LogP contribution in [0.5, 0.6) is 0 Å². The largest absolute Gasteiger partial charge is 0.314 e. The zero-order valence-corrected chi connectivity index (χ0v) is 14.8. The van der Waals surface area contributed by atoms with E-state index in [4.69, 9.17) is 0 Å². The molecular formula is C17H34N2S. The van der Waals surface area contributed by atoms with E-state index in [2.05, 4.69) is 49.7 Å². The molecule has 0 amide bonds. The molecule has 0 bridgehead atoms. The topological polar surface area (TPSA) is 15.3 Å². The molecule has 0 spiro atoms. The molecule has 1 heterocycles. The summed E-state index contributed by atoms with van der Waals surface area (Å²) < 4.78 is 0. The van der Waals surface area contributed by atoms with Crippen molar-refractivity contribution < 1.29 is 0 Å². The Morgan fingerprint density at radius 2 is 1.95 bits per heavy atom. The average Bonchev–Trinajstić information content (AvgIpc) is 2.42. The first-order valence-corrected chi connectivity index (χ1v) is 9.71. The Hall–Kier alpha value is 0.270. The van der Waals surface area contributed by atoms with E-state index in [0.717, 1.165) is 12.0 Å². The number of hydrogen-bond donors (Lipinski definition) is 1. The third-order valence-corrected chi connectivity index (χ3v) is 6.45. The number of nitrogens with one attached hydrogen (secondary N) is 1. The summed E-state index contributed by atoms with van der Waals surface area (Å²) in [4.78, 5) is 2.77. The van der Waals surface area contributed by atoms with Gasteiger partial charge in [-0.2, -0.15) is 11.8 Å². The number of thioether (sulfide) groups is 1. The summed E-state index contributed by atoms with van der Waals surface area (Å²) >= 11 is 2.13. The molecule has 1 saturated heterocycles. The lowest BCUT2D eigenvalue weighted by atomic mass is 9.70. The standard InChI is InChI=1S/C17H34N2S/c1-14(2)18-12-17(7-5-15(3)6-8-17)13-19-9-10-20-11-16(19)4/h14-16,18H,5-13H2,1-4H3. The normalized spacial score (nSPS) is 36.5. The van der Waals surface area contributed by atoms with Gasteiger partial charge in [0, 0.05) is 43.2 Å². The van der Waals surface area contributed by atoms with Crippen LogP contribution in [-0.4, -0.2) is 48.1 Å². The summed E-state index contributed by atoms with van der Waals surface area (Å²) in [5.41, 5.74) is 0.535. The van der Waals surface area contributed by atoms with Gasteiger partial charge in [-0.15, -0.1) is 0 Å². The summed E-state index contributed by atoms with van der Waals surface area (Å²) in [7, 11) is 0. The van der Waals surface area contributed by atoms with Gasteiger partial charge < -0.3 is 5.32 Å². The summed E-state index contributed by atoms with van der Waals surface area (Å²) in [6.45, 7) is 13.2. The van der Waals surface area contributed by atoms with Crippen LogP contribution in [0.25, 0.3) is 0 Å². The van der Waals surface area contributed by atoms with E-state index in [1.54, 1.807) is 0 Å². The molecule has 2 aliphatic rings. The minimum absolute atomic E-state index is 0.535. The first-order valence-electron chi connectivity index (χ1n) is 8.56. The summed E-state index contributed by atoms with van der Waals surface area (Å²) in [5, 5.41) is 3.74. The zero-order chi connectivity index (χ0) is 14.6. The predicted octanol–water partition coefficient (Wildman–Crippen LogP) is 3.62. The number of hydrogen-bond acceptors (Lipinski definition) is 3. The van der Waals surface area contributed by atoms with Gasteiger partial charge in [-0.1, -0.05) is 33.6 Å². The van der Waals surface area contributed by atoms with E-state index in [0.29, 0.717) is 11.5 Å². The smallest absolute Gasteiger partial charge is 0.0158 e. The second-order valence-corrected chi connectivity index (χ2v) is 8.76. The fourth-order valence-electron chi connectivity index (χ4n) is 3.61. The maximum absolute atomic E-state index is 3.74. The highest BCUT2D eigenvalue weighted by Crippen LogP contribution is 2.40. The lowest BCUT2D eigenvalue weighted by molar-refractivity contribution is 0.0718. The molecule has 0 aromatic heterocycles. The molecule has 118 valence electrons. The van der Waals surface area contributed by atoms with Crippen LogP contribution in [0, 0.1) is 11.3 Å². The molecule has 2 nitrogen and oxygen atoms in total. The second kappa shape index (κ2) is 7.51. The van der Waals surface area contributed by atoms with Gasteiger partial charge in [0.15, 0.2) is 0 Å². The van der Waals surface area contributed by atoms with Crippen molar-refractivity contribution in [2.24, 2.45) is 11.3 Å². The molecule has 1 unspecified atom stereocenters. The molecule has 1 aliphatic carbocycles. The highest BCUT2D eigenvalue weighted by molar-refractivity contribution is 7.99. The first-order chi connectivity index (χ1) is 9.51. The van der Waals surface area contributed by atoms with Crippen LogP contribution >= 0.6 is 11.8 Å². The van der Waals surface area contributed by atoms with E-state index in [1.165, 1.54) is 56.8 Å². The molecule has 2 fully saturated rings. The second-order valence-electron chi connectivity index (χ2n) is 7.61. The van der Waals surface area contributed by atoms with Crippen molar-refractivity contribution in [3.63, 3.8) is 0 Å². The van der Waals surface area contributed by atoms with Crippen LogP contribution in [0.1, 0.15) is 53.4 Å². The summed E-state index contributed by atoms with van der Waals surface area (Å²) in [6, 6.07) is 1.38. The molecule has 0 radical (unpaired) electrons. The van der Waals surface area contributed by atoms with Crippen molar-refractivity contribution >= 4 is 11.8 Å². The van der Waals surface area contributed by atoms with Gasteiger partial charge in [0.25, 0.3) is 0 Å². The third-order valence-electron chi connectivity index (χ3n) is 5.26. The molecule has 2 rings (SSSR count). The van der Waals surface area contributed by atoms with Crippen LogP contribution in [0.2, 0.25) is 0 Å². The van der Waals surface area contributed by atoms with Crippen LogP contribution in [0.4, 0.5) is 0 Å². The Bertz CT molecular complexity index is 285. The third kappa shape index (κ3) is 4.64. The van der Waals surface area contributed by atoms with Gasteiger partial charge in [-0.3, -0.25) is 4.90 Å². The van der Waals surface area contributed by atoms with Gasteiger partial charge >= 0.3 is 0 Å². The van der Waals surface area contributed by atoms with Crippen molar-refractivity contribution in [3.05, 3.63) is 0 Å². The Balaban J connectivity index is 1.97. The molecule has 3 heteroatoms. The van der Waals surface area contributed by atoms with E-state index < -0.39 is 0 Å². The van der Waals surface area contributed by atoms with E-state index in [-0.39, 0.29) is 0 Å². The van der Waals surface area contributed by atoms with Crippen LogP contribution in [-0.2, 0) is 0 Å². The maximum Gasteiger partial charge on any atom is 0.0158 e. The minimum Gasteiger partial charge on any atom is -0.314 e. The van der Waals surface area contributed by atoms with Crippen molar-refractivity contribution in [1.29, 1.82) is 0 Å². The predicted molar refractivity (Wildman–Crippen MR) is 91.6 cm³/mol. The fourth-order valence-corrected chi connectivity index (χ4v) is 4.70. The van der Waals surface area contributed by atoms with Gasteiger partial charge in [0.05, 0.1) is 0 Å². The molecule has 1 N–H and O–H groups in total. The minimum atomic E-state index is 0.535. The van der Waals surface area contributed by atoms with Gasteiger partial charge in [-0.25, -0.2) is 0 Å². The molecule has 1 saturated carbocycles. The Morgan fingerprint density at radius 3 is 2.55 bits per heavy atom. The lowest BCUT2D eigenvalue weighted by Gasteiger charge is -2.46.